The van der Waals surface area contributed by atoms with E-state index in [2.05, 4.69) is 0 Å². The third-order valence-electron chi connectivity index (χ3n) is 5.44. The topological polar surface area (TPSA) is 92.9 Å². The van der Waals surface area contributed by atoms with Crippen LogP contribution in [0.5, 0.6) is 5.75 Å². The highest BCUT2D eigenvalue weighted by Crippen LogP contribution is 2.23. The van der Waals surface area contributed by atoms with Crippen molar-refractivity contribution < 1.29 is 19.1 Å². The smallest absolute Gasteiger partial charge is 0.260 e. The van der Waals surface area contributed by atoms with Crippen molar-refractivity contribution in [1.82, 2.24) is 9.80 Å². The van der Waals surface area contributed by atoms with Gasteiger partial charge >= 0.3 is 0 Å². The van der Waals surface area contributed by atoms with Crippen molar-refractivity contribution in [3.05, 3.63) is 29.3 Å². The summed E-state index contributed by atoms with van der Waals surface area (Å²) in [6.45, 7) is 4.65. The molecule has 3 amide bonds. The number of nitrogens with zero attached hydrogens (tertiary/aromatic N) is 2. The van der Waals surface area contributed by atoms with Crippen molar-refractivity contribution in [1.29, 1.82) is 0 Å². The van der Waals surface area contributed by atoms with E-state index in [0.29, 0.717) is 37.2 Å². The Labute approximate surface area is 159 Å². The molecule has 2 fully saturated rings. The maximum Gasteiger partial charge on any atom is 0.260 e. The third-order valence-corrected chi connectivity index (χ3v) is 5.44. The number of likely N-dealkylation sites (tertiary alicyclic amines) is 2. The molecule has 2 aliphatic heterocycles. The highest BCUT2D eigenvalue weighted by Gasteiger charge is 2.31. The molecule has 1 aromatic rings. The second-order valence-electron chi connectivity index (χ2n) is 7.32. The first kappa shape index (κ1) is 19.2. The Morgan fingerprint density at radius 2 is 1.74 bits per heavy atom. The van der Waals surface area contributed by atoms with Gasteiger partial charge in [-0.2, -0.15) is 0 Å². The zero-order valence-electron chi connectivity index (χ0n) is 15.8. The molecule has 1 aromatic carbocycles. The summed E-state index contributed by atoms with van der Waals surface area (Å²) in [5, 5.41) is 0. The normalized spacial score (nSPS) is 17.8. The van der Waals surface area contributed by atoms with E-state index >= 15 is 0 Å². The lowest BCUT2D eigenvalue weighted by atomic mass is 9.95. The molecule has 27 heavy (non-hydrogen) atoms. The molecule has 146 valence electrons. The summed E-state index contributed by atoms with van der Waals surface area (Å²) in [6.07, 6.45) is 3.60. The van der Waals surface area contributed by atoms with Crippen LogP contribution in [0.3, 0.4) is 0 Å². The zero-order chi connectivity index (χ0) is 19.4. The largest absolute Gasteiger partial charge is 0.483 e. The van der Waals surface area contributed by atoms with E-state index in [1.165, 1.54) is 0 Å². The Morgan fingerprint density at radius 1 is 1.07 bits per heavy atom. The predicted octanol–water partition coefficient (Wildman–Crippen LogP) is 1.33. The molecule has 0 saturated carbocycles. The minimum Gasteiger partial charge on any atom is -0.483 e. The molecule has 2 aliphatic rings. The summed E-state index contributed by atoms with van der Waals surface area (Å²) in [5.41, 5.74) is 6.47. The molecule has 0 spiro atoms. The quantitative estimate of drug-likeness (QED) is 0.843. The van der Waals surface area contributed by atoms with E-state index in [1.54, 1.807) is 23.1 Å². The first-order chi connectivity index (χ1) is 13.0. The average molecular weight is 373 g/mol. The average Bonchev–Trinajstić information content (AvgIpc) is 3.21. The van der Waals surface area contributed by atoms with Crippen molar-refractivity contribution in [2.75, 3.05) is 32.8 Å². The van der Waals surface area contributed by atoms with Gasteiger partial charge < -0.3 is 20.3 Å². The lowest BCUT2D eigenvalue weighted by Crippen LogP contribution is -2.45. The number of carbonyl (C=O) groups excluding carboxylic acids is 3. The van der Waals surface area contributed by atoms with Crippen molar-refractivity contribution in [2.45, 2.75) is 32.6 Å². The van der Waals surface area contributed by atoms with Crippen LogP contribution in [0.1, 0.15) is 41.6 Å². The van der Waals surface area contributed by atoms with E-state index in [4.69, 9.17) is 10.5 Å². The second kappa shape index (κ2) is 8.41. The summed E-state index contributed by atoms with van der Waals surface area (Å²) >= 11 is 0. The molecule has 0 aliphatic carbocycles. The Kier molecular flexibility index (Phi) is 5.98. The first-order valence-corrected chi connectivity index (χ1v) is 9.55. The number of benzene rings is 1. The van der Waals surface area contributed by atoms with E-state index in [0.717, 1.165) is 31.5 Å². The van der Waals surface area contributed by atoms with Crippen LogP contribution in [0.15, 0.2) is 18.2 Å². The summed E-state index contributed by atoms with van der Waals surface area (Å²) in [5.74, 6) is 0.123. The summed E-state index contributed by atoms with van der Waals surface area (Å²) < 4.78 is 5.62. The van der Waals surface area contributed by atoms with Gasteiger partial charge in [0.2, 0.25) is 11.8 Å². The molecule has 7 nitrogen and oxygen atoms in total. The van der Waals surface area contributed by atoms with Crippen LogP contribution in [-0.2, 0) is 9.59 Å². The molecule has 7 heteroatoms. The molecule has 2 heterocycles. The van der Waals surface area contributed by atoms with E-state index < -0.39 is 5.91 Å². The lowest BCUT2D eigenvalue weighted by Gasteiger charge is -2.33. The maximum atomic E-state index is 12.5. The zero-order valence-corrected chi connectivity index (χ0v) is 15.8. The van der Waals surface area contributed by atoms with Gasteiger partial charge in [0.05, 0.1) is 0 Å². The number of carbonyl (C=O) groups is 3. The van der Waals surface area contributed by atoms with Crippen molar-refractivity contribution in [3.63, 3.8) is 0 Å². The van der Waals surface area contributed by atoms with E-state index in [-0.39, 0.29) is 24.3 Å². The predicted molar refractivity (Wildman–Crippen MR) is 100 cm³/mol. The van der Waals surface area contributed by atoms with Crippen LogP contribution in [0.4, 0.5) is 0 Å². The highest BCUT2D eigenvalue weighted by molar-refractivity contribution is 5.93. The minimum absolute atomic E-state index is 0.0301. The Balaban J connectivity index is 1.49. The third kappa shape index (κ3) is 4.59. The standard InChI is InChI=1S/C20H27N3O4/c1-14-4-5-16(19(21)25)12-17(14)27-13-18(24)22-10-6-15(7-11-22)20(26)23-8-2-3-9-23/h4-5,12,15H,2-3,6-11,13H2,1H3,(H2,21,25). The van der Waals surface area contributed by atoms with Crippen LogP contribution in [0, 0.1) is 12.8 Å². The van der Waals surface area contributed by atoms with Crippen LogP contribution in [0.2, 0.25) is 0 Å². The fourth-order valence-corrected chi connectivity index (χ4v) is 3.71. The summed E-state index contributed by atoms with van der Waals surface area (Å²) in [7, 11) is 0. The Bertz CT molecular complexity index is 720. The van der Waals surface area contributed by atoms with Gasteiger partial charge in [0.25, 0.3) is 5.91 Å². The highest BCUT2D eigenvalue weighted by atomic mass is 16.5. The summed E-state index contributed by atoms with van der Waals surface area (Å²) in [4.78, 5) is 39.9. The number of amides is 3. The van der Waals surface area contributed by atoms with E-state index in [9.17, 15) is 14.4 Å². The molecule has 2 saturated heterocycles. The fraction of sp³-hybridized carbons (Fsp3) is 0.550. The van der Waals surface area contributed by atoms with Crippen LogP contribution in [0.25, 0.3) is 0 Å². The van der Waals surface area contributed by atoms with Crippen LogP contribution in [-0.4, -0.2) is 60.3 Å². The van der Waals surface area contributed by atoms with Gasteiger partial charge in [0, 0.05) is 37.7 Å². The Morgan fingerprint density at radius 3 is 2.37 bits per heavy atom. The van der Waals surface area contributed by atoms with Crippen LogP contribution >= 0.6 is 0 Å². The molecule has 0 radical (unpaired) electrons. The van der Waals surface area contributed by atoms with Gasteiger partial charge in [0.1, 0.15) is 5.75 Å². The van der Waals surface area contributed by atoms with Crippen molar-refractivity contribution in [2.24, 2.45) is 11.7 Å². The minimum atomic E-state index is -0.532. The number of nitrogens with two attached hydrogens (primary N) is 1. The molecule has 0 aromatic heterocycles. The number of hydrogen-bond acceptors (Lipinski definition) is 4. The SMILES string of the molecule is Cc1ccc(C(N)=O)cc1OCC(=O)N1CCC(C(=O)N2CCCC2)CC1. The van der Waals surface area contributed by atoms with Crippen molar-refractivity contribution >= 4 is 17.7 Å². The van der Waals surface area contributed by atoms with Crippen LogP contribution < -0.4 is 10.5 Å². The molecule has 0 bridgehead atoms. The van der Waals surface area contributed by atoms with Gasteiger partial charge in [-0.25, -0.2) is 0 Å². The second-order valence-corrected chi connectivity index (χ2v) is 7.32. The Hall–Kier alpha value is -2.57. The first-order valence-electron chi connectivity index (χ1n) is 9.55. The molecule has 0 atom stereocenters. The fourth-order valence-electron chi connectivity index (χ4n) is 3.71. The monoisotopic (exact) mass is 373 g/mol. The number of rotatable bonds is 5. The number of primary amides is 1. The van der Waals surface area contributed by atoms with Gasteiger partial charge in [-0.1, -0.05) is 6.07 Å². The molecule has 0 unspecified atom stereocenters. The molecular formula is C20H27N3O4. The van der Waals surface area contributed by atoms with Gasteiger partial charge in [-0.05, 0) is 50.3 Å². The van der Waals surface area contributed by atoms with Gasteiger partial charge in [-0.15, -0.1) is 0 Å². The van der Waals surface area contributed by atoms with Gasteiger partial charge in [0.15, 0.2) is 6.61 Å². The van der Waals surface area contributed by atoms with E-state index in [1.807, 2.05) is 11.8 Å². The van der Waals surface area contributed by atoms with Gasteiger partial charge in [-0.3, -0.25) is 14.4 Å². The molecular weight excluding hydrogens is 346 g/mol. The number of piperidine rings is 1. The van der Waals surface area contributed by atoms with Crippen molar-refractivity contribution in [3.8, 4) is 5.75 Å². The number of aryl methyl sites for hydroxylation is 1. The molecule has 2 N–H and O–H groups in total. The molecule has 3 rings (SSSR count). The summed E-state index contributed by atoms with van der Waals surface area (Å²) in [6, 6.07) is 4.94. The number of ether oxygens (including phenoxy) is 1. The maximum absolute atomic E-state index is 12.5. The lowest BCUT2D eigenvalue weighted by molar-refractivity contribution is -0.140. The number of hydrogen-bond donors (Lipinski definition) is 1.